The first-order valence-corrected chi connectivity index (χ1v) is 8.22. The molecule has 25 heavy (non-hydrogen) atoms. The molecule has 0 spiro atoms. The highest BCUT2D eigenvalue weighted by Gasteiger charge is 2.05. The number of carbonyl (C=O) groups excluding carboxylic acids is 1. The number of aromatic nitrogens is 1. The SMILES string of the molecule is COc1ccc(CC(=O)NCCn2ccc3cc(OC)ccc32)cc1. The molecule has 130 valence electrons. The van der Waals surface area contributed by atoms with E-state index in [0.717, 1.165) is 34.5 Å². The minimum atomic E-state index is 0.0169. The van der Waals surface area contributed by atoms with Gasteiger partial charge in [0.2, 0.25) is 5.91 Å². The number of hydrogen-bond donors (Lipinski definition) is 1. The van der Waals surface area contributed by atoms with Gasteiger partial charge in [-0.3, -0.25) is 4.79 Å². The topological polar surface area (TPSA) is 52.5 Å². The number of carbonyl (C=O) groups is 1. The lowest BCUT2D eigenvalue weighted by Crippen LogP contribution is -2.28. The minimum Gasteiger partial charge on any atom is -0.497 e. The number of rotatable bonds is 7. The van der Waals surface area contributed by atoms with Crippen LogP contribution >= 0.6 is 0 Å². The van der Waals surface area contributed by atoms with E-state index in [9.17, 15) is 4.79 Å². The second-order valence-corrected chi connectivity index (χ2v) is 5.81. The highest BCUT2D eigenvalue weighted by Crippen LogP contribution is 2.21. The van der Waals surface area contributed by atoms with Gasteiger partial charge in [0.15, 0.2) is 0 Å². The van der Waals surface area contributed by atoms with Gasteiger partial charge in [-0.1, -0.05) is 12.1 Å². The summed E-state index contributed by atoms with van der Waals surface area (Å²) in [7, 11) is 3.29. The highest BCUT2D eigenvalue weighted by atomic mass is 16.5. The van der Waals surface area contributed by atoms with Crippen molar-refractivity contribution in [3.63, 3.8) is 0 Å². The second kappa shape index (κ2) is 7.75. The molecule has 0 aliphatic rings. The van der Waals surface area contributed by atoms with Gasteiger partial charge in [0.25, 0.3) is 0 Å². The summed E-state index contributed by atoms with van der Waals surface area (Å²) in [6.45, 7) is 1.31. The molecule has 1 amide bonds. The molecule has 0 bridgehead atoms. The fourth-order valence-corrected chi connectivity index (χ4v) is 2.81. The Morgan fingerprint density at radius 3 is 2.44 bits per heavy atom. The molecule has 0 aliphatic heterocycles. The normalized spacial score (nSPS) is 10.6. The van der Waals surface area contributed by atoms with Gasteiger partial charge < -0.3 is 19.4 Å². The van der Waals surface area contributed by atoms with Crippen molar-refractivity contribution in [3.8, 4) is 11.5 Å². The predicted octanol–water partition coefficient (Wildman–Crippen LogP) is 3.02. The Hall–Kier alpha value is -2.95. The largest absolute Gasteiger partial charge is 0.497 e. The number of nitrogens with one attached hydrogen (secondary N) is 1. The molecule has 0 fully saturated rings. The molecule has 5 heteroatoms. The molecule has 0 aliphatic carbocycles. The third-order valence-electron chi connectivity index (χ3n) is 4.18. The van der Waals surface area contributed by atoms with Crippen LogP contribution < -0.4 is 14.8 Å². The zero-order valence-corrected chi connectivity index (χ0v) is 14.5. The van der Waals surface area contributed by atoms with Crippen LogP contribution in [0.2, 0.25) is 0 Å². The lowest BCUT2D eigenvalue weighted by Gasteiger charge is -2.08. The zero-order valence-electron chi connectivity index (χ0n) is 14.5. The first kappa shape index (κ1) is 16.9. The van der Waals surface area contributed by atoms with Gasteiger partial charge in [-0.05, 0) is 42.0 Å². The van der Waals surface area contributed by atoms with E-state index in [4.69, 9.17) is 9.47 Å². The Kier molecular flexibility index (Phi) is 5.23. The predicted molar refractivity (Wildman–Crippen MR) is 98.2 cm³/mol. The summed E-state index contributed by atoms with van der Waals surface area (Å²) in [5, 5.41) is 4.10. The van der Waals surface area contributed by atoms with Gasteiger partial charge in [-0.15, -0.1) is 0 Å². The van der Waals surface area contributed by atoms with Crippen LogP contribution in [0.4, 0.5) is 0 Å². The van der Waals surface area contributed by atoms with E-state index in [1.807, 2.05) is 48.7 Å². The van der Waals surface area contributed by atoms with Crippen molar-refractivity contribution in [3.05, 3.63) is 60.3 Å². The summed E-state index contributed by atoms with van der Waals surface area (Å²) in [5.41, 5.74) is 2.10. The van der Waals surface area contributed by atoms with Gasteiger partial charge in [0.05, 0.1) is 20.6 Å². The van der Waals surface area contributed by atoms with E-state index in [0.29, 0.717) is 13.0 Å². The smallest absolute Gasteiger partial charge is 0.224 e. The minimum absolute atomic E-state index is 0.0169. The monoisotopic (exact) mass is 338 g/mol. The lowest BCUT2D eigenvalue weighted by atomic mass is 10.1. The third-order valence-corrected chi connectivity index (χ3v) is 4.18. The standard InChI is InChI=1S/C20H22N2O3/c1-24-17-5-3-15(4-6-17)13-20(23)21-10-12-22-11-9-16-14-18(25-2)7-8-19(16)22/h3-9,11,14H,10,12-13H2,1-2H3,(H,21,23). The van der Waals surface area contributed by atoms with Crippen molar-refractivity contribution in [2.75, 3.05) is 20.8 Å². The molecule has 1 N–H and O–H groups in total. The van der Waals surface area contributed by atoms with Crippen LogP contribution in [0, 0.1) is 0 Å². The molecular formula is C20H22N2O3. The van der Waals surface area contributed by atoms with E-state index >= 15 is 0 Å². The number of hydrogen-bond acceptors (Lipinski definition) is 3. The number of ether oxygens (including phenoxy) is 2. The summed E-state index contributed by atoms with van der Waals surface area (Å²) in [4.78, 5) is 12.1. The van der Waals surface area contributed by atoms with Crippen LogP contribution in [0.15, 0.2) is 54.7 Å². The quantitative estimate of drug-likeness (QED) is 0.720. The summed E-state index contributed by atoms with van der Waals surface area (Å²) < 4.78 is 12.5. The summed E-state index contributed by atoms with van der Waals surface area (Å²) >= 11 is 0. The maximum absolute atomic E-state index is 12.1. The Morgan fingerprint density at radius 2 is 1.72 bits per heavy atom. The fourth-order valence-electron chi connectivity index (χ4n) is 2.81. The fraction of sp³-hybridized carbons (Fsp3) is 0.250. The van der Waals surface area contributed by atoms with Crippen LogP contribution in [-0.2, 0) is 17.8 Å². The molecule has 3 aromatic rings. The molecule has 3 rings (SSSR count). The molecule has 5 nitrogen and oxygen atoms in total. The van der Waals surface area contributed by atoms with Crippen molar-refractivity contribution in [2.24, 2.45) is 0 Å². The van der Waals surface area contributed by atoms with Crippen LogP contribution in [0.5, 0.6) is 11.5 Å². The average molecular weight is 338 g/mol. The summed E-state index contributed by atoms with van der Waals surface area (Å²) in [6, 6.07) is 15.6. The zero-order chi connectivity index (χ0) is 17.6. The van der Waals surface area contributed by atoms with Gasteiger partial charge in [0.1, 0.15) is 11.5 Å². The molecule has 0 atom stereocenters. The van der Waals surface area contributed by atoms with Crippen LogP contribution in [0.3, 0.4) is 0 Å². The molecule has 1 heterocycles. The Bertz CT molecular complexity index is 853. The van der Waals surface area contributed by atoms with Crippen molar-refractivity contribution in [2.45, 2.75) is 13.0 Å². The van der Waals surface area contributed by atoms with Gasteiger partial charge in [0, 0.05) is 30.2 Å². The Balaban J connectivity index is 1.52. The number of methoxy groups -OCH3 is 2. The first-order valence-electron chi connectivity index (χ1n) is 8.22. The van der Waals surface area contributed by atoms with Gasteiger partial charge >= 0.3 is 0 Å². The molecule has 1 aromatic heterocycles. The maximum atomic E-state index is 12.1. The molecule has 0 radical (unpaired) electrons. The summed E-state index contributed by atoms with van der Waals surface area (Å²) in [6.07, 6.45) is 2.40. The Morgan fingerprint density at radius 1 is 1.00 bits per heavy atom. The molecule has 0 saturated carbocycles. The summed E-state index contributed by atoms with van der Waals surface area (Å²) in [5.74, 6) is 1.65. The van der Waals surface area contributed by atoms with E-state index in [2.05, 4.69) is 16.0 Å². The van der Waals surface area contributed by atoms with Crippen molar-refractivity contribution < 1.29 is 14.3 Å². The second-order valence-electron chi connectivity index (χ2n) is 5.81. The van der Waals surface area contributed by atoms with Crippen molar-refractivity contribution in [1.82, 2.24) is 9.88 Å². The van der Waals surface area contributed by atoms with E-state index in [-0.39, 0.29) is 5.91 Å². The van der Waals surface area contributed by atoms with E-state index in [1.165, 1.54) is 0 Å². The number of fused-ring (bicyclic) bond motifs is 1. The highest BCUT2D eigenvalue weighted by molar-refractivity contribution is 5.82. The van der Waals surface area contributed by atoms with Crippen molar-refractivity contribution in [1.29, 1.82) is 0 Å². The number of nitrogens with zero attached hydrogens (tertiary/aromatic N) is 1. The number of amides is 1. The van der Waals surface area contributed by atoms with E-state index in [1.54, 1.807) is 14.2 Å². The van der Waals surface area contributed by atoms with Crippen molar-refractivity contribution >= 4 is 16.8 Å². The third kappa shape index (κ3) is 4.12. The van der Waals surface area contributed by atoms with Crippen LogP contribution in [0.25, 0.3) is 10.9 Å². The average Bonchev–Trinajstić information content (AvgIpc) is 3.04. The molecule has 2 aromatic carbocycles. The molecule has 0 saturated heterocycles. The Labute approximate surface area is 147 Å². The van der Waals surface area contributed by atoms with Gasteiger partial charge in [-0.25, -0.2) is 0 Å². The van der Waals surface area contributed by atoms with Crippen LogP contribution in [0.1, 0.15) is 5.56 Å². The van der Waals surface area contributed by atoms with Crippen LogP contribution in [-0.4, -0.2) is 31.2 Å². The lowest BCUT2D eigenvalue weighted by molar-refractivity contribution is -0.120. The molecular weight excluding hydrogens is 316 g/mol. The first-order chi connectivity index (χ1) is 12.2. The van der Waals surface area contributed by atoms with E-state index < -0.39 is 0 Å². The number of benzene rings is 2. The van der Waals surface area contributed by atoms with Gasteiger partial charge in [-0.2, -0.15) is 0 Å². The maximum Gasteiger partial charge on any atom is 0.224 e. The molecule has 0 unspecified atom stereocenters.